The van der Waals surface area contributed by atoms with Gasteiger partial charge in [-0.3, -0.25) is 9.59 Å². The molecule has 2 aliphatic rings. The lowest BCUT2D eigenvalue weighted by Gasteiger charge is -2.31. The summed E-state index contributed by atoms with van der Waals surface area (Å²) in [7, 11) is 2.10. The average molecular weight is 280 g/mol. The van der Waals surface area contributed by atoms with Gasteiger partial charge in [0, 0.05) is 13.1 Å². The molecule has 0 saturated carbocycles. The first-order valence-electron chi connectivity index (χ1n) is 7.42. The highest BCUT2D eigenvalue weighted by Crippen LogP contribution is 2.26. The molecule has 1 amide bonds. The summed E-state index contributed by atoms with van der Waals surface area (Å²) in [4.78, 5) is 25.7. The number of amides is 1. The molecule has 0 spiro atoms. The third-order valence-corrected chi connectivity index (χ3v) is 4.37. The third kappa shape index (κ3) is 3.82. The van der Waals surface area contributed by atoms with E-state index in [-0.39, 0.29) is 5.91 Å². The van der Waals surface area contributed by atoms with Crippen molar-refractivity contribution in [2.24, 2.45) is 17.8 Å². The van der Waals surface area contributed by atoms with E-state index in [0.717, 1.165) is 19.5 Å². The van der Waals surface area contributed by atoms with Gasteiger partial charge in [0.25, 0.3) is 0 Å². The number of rotatable bonds is 4. The lowest BCUT2D eigenvalue weighted by molar-refractivity contribution is -0.147. The Labute approximate surface area is 120 Å². The Morgan fingerprint density at radius 1 is 1.30 bits per heavy atom. The molecular formula is C15H24N2O3. The highest BCUT2D eigenvalue weighted by Gasteiger charge is 2.34. The van der Waals surface area contributed by atoms with Crippen LogP contribution in [-0.4, -0.2) is 48.6 Å². The van der Waals surface area contributed by atoms with Crippen molar-refractivity contribution in [1.82, 2.24) is 10.2 Å². The second-order valence-electron chi connectivity index (χ2n) is 6.01. The van der Waals surface area contributed by atoms with Crippen LogP contribution in [0.15, 0.2) is 12.2 Å². The smallest absolute Gasteiger partial charge is 0.307 e. The summed E-state index contributed by atoms with van der Waals surface area (Å²) in [5, 5.41) is 12.2. The normalized spacial score (nSPS) is 30.9. The van der Waals surface area contributed by atoms with E-state index in [1.165, 1.54) is 6.42 Å². The number of carboxylic acids is 1. The Hall–Kier alpha value is -1.36. The highest BCUT2D eigenvalue weighted by atomic mass is 16.4. The van der Waals surface area contributed by atoms with Crippen LogP contribution in [0.4, 0.5) is 0 Å². The molecule has 112 valence electrons. The average Bonchev–Trinajstić information content (AvgIpc) is 2.45. The summed E-state index contributed by atoms with van der Waals surface area (Å²) >= 11 is 0. The summed E-state index contributed by atoms with van der Waals surface area (Å²) in [6, 6.07) is 0. The van der Waals surface area contributed by atoms with Gasteiger partial charge in [0.2, 0.25) is 5.91 Å². The van der Waals surface area contributed by atoms with Crippen LogP contribution < -0.4 is 5.32 Å². The number of carboxylic acid groups (broad SMARTS) is 1. The second-order valence-corrected chi connectivity index (χ2v) is 6.01. The Morgan fingerprint density at radius 3 is 2.65 bits per heavy atom. The van der Waals surface area contributed by atoms with Gasteiger partial charge in [-0.2, -0.15) is 0 Å². The van der Waals surface area contributed by atoms with Crippen molar-refractivity contribution in [2.75, 3.05) is 26.7 Å². The molecule has 5 heteroatoms. The number of allylic oxidation sites excluding steroid dienone is 2. The second kappa shape index (κ2) is 6.88. The van der Waals surface area contributed by atoms with E-state index in [9.17, 15) is 14.7 Å². The number of nitrogens with zero attached hydrogens (tertiary/aromatic N) is 1. The quantitative estimate of drug-likeness (QED) is 0.757. The number of likely N-dealkylation sites (tertiary alicyclic amines) is 1. The van der Waals surface area contributed by atoms with Gasteiger partial charge in [-0.1, -0.05) is 12.2 Å². The maximum absolute atomic E-state index is 12.2. The van der Waals surface area contributed by atoms with Gasteiger partial charge < -0.3 is 15.3 Å². The van der Waals surface area contributed by atoms with Gasteiger partial charge in [0.05, 0.1) is 11.8 Å². The zero-order chi connectivity index (χ0) is 14.5. The van der Waals surface area contributed by atoms with Crippen LogP contribution in [0, 0.1) is 17.8 Å². The maximum Gasteiger partial charge on any atom is 0.307 e. The molecular weight excluding hydrogens is 256 g/mol. The van der Waals surface area contributed by atoms with Crippen LogP contribution in [0.1, 0.15) is 25.7 Å². The molecule has 1 aliphatic heterocycles. The molecule has 0 radical (unpaired) electrons. The highest BCUT2D eigenvalue weighted by molar-refractivity contribution is 5.85. The van der Waals surface area contributed by atoms with Crippen molar-refractivity contribution >= 4 is 11.9 Å². The van der Waals surface area contributed by atoms with Crippen LogP contribution in [-0.2, 0) is 9.59 Å². The largest absolute Gasteiger partial charge is 0.481 e. The van der Waals surface area contributed by atoms with Gasteiger partial charge in [0.1, 0.15) is 0 Å². The fraction of sp³-hybridized carbons (Fsp3) is 0.733. The van der Waals surface area contributed by atoms with Crippen LogP contribution in [0.5, 0.6) is 0 Å². The monoisotopic (exact) mass is 280 g/mol. The lowest BCUT2D eigenvalue weighted by atomic mass is 9.82. The molecule has 0 aromatic rings. The van der Waals surface area contributed by atoms with Gasteiger partial charge in [-0.15, -0.1) is 0 Å². The molecule has 1 saturated heterocycles. The number of carbonyl (C=O) groups excluding carboxylic acids is 1. The molecule has 1 aliphatic carbocycles. The summed E-state index contributed by atoms with van der Waals surface area (Å²) in [6.07, 6.45) is 7.07. The van der Waals surface area contributed by atoms with E-state index >= 15 is 0 Å². The lowest BCUT2D eigenvalue weighted by Crippen LogP contribution is -2.43. The van der Waals surface area contributed by atoms with Crippen molar-refractivity contribution in [2.45, 2.75) is 25.7 Å². The number of hydrogen-bond acceptors (Lipinski definition) is 3. The molecule has 1 fully saturated rings. The van der Waals surface area contributed by atoms with Crippen molar-refractivity contribution in [3.05, 3.63) is 12.2 Å². The molecule has 2 N–H and O–H groups in total. The van der Waals surface area contributed by atoms with Crippen LogP contribution in [0.3, 0.4) is 0 Å². The first-order chi connectivity index (χ1) is 9.58. The van der Waals surface area contributed by atoms with Crippen molar-refractivity contribution in [3.63, 3.8) is 0 Å². The number of piperidine rings is 1. The maximum atomic E-state index is 12.2. The van der Waals surface area contributed by atoms with Crippen molar-refractivity contribution in [1.29, 1.82) is 0 Å². The Morgan fingerprint density at radius 2 is 2.00 bits per heavy atom. The summed E-state index contributed by atoms with van der Waals surface area (Å²) in [5.41, 5.74) is 0. The molecule has 20 heavy (non-hydrogen) atoms. The SMILES string of the molecule is CN1CCCC(CNC(=O)C2CC=CCC2C(=O)O)C1. The third-order valence-electron chi connectivity index (χ3n) is 4.37. The van der Waals surface area contributed by atoms with E-state index < -0.39 is 17.8 Å². The molecule has 0 bridgehead atoms. The van der Waals surface area contributed by atoms with Gasteiger partial charge in [-0.05, 0) is 45.2 Å². The van der Waals surface area contributed by atoms with Crippen LogP contribution >= 0.6 is 0 Å². The molecule has 1 heterocycles. The number of nitrogens with one attached hydrogen (secondary N) is 1. The summed E-state index contributed by atoms with van der Waals surface area (Å²) in [5.74, 6) is -1.48. The van der Waals surface area contributed by atoms with Crippen molar-refractivity contribution in [3.8, 4) is 0 Å². The van der Waals surface area contributed by atoms with E-state index in [2.05, 4.69) is 17.3 Å². The molecule has 0 aromatic heterocycles. The predicted molar refractivity (Wildman–Crippen MR) is 76.2 cm³/mol. The zero-order valence-electron chi connectivity index (χ0n) is 12.0. The Bertz CT molecular complexity index is 395. The van der Waals surface area contributed by atoms with Crippen LogP contribution in [0.25, 0.3) is 0 Å². The summed E-state index contributed by atoms with van der Waals surface area (Å²) < 4.78 is 0. The molecule has 5 nitrogen and oxygen atoms in total. The Balaban J connectivity index is 1.84. The van der Waals surface area contributed by atoms with Crippen molar-refractivity contribution < 1.29 is 14.7 Å². The van der Waals surface area contributed by atoms with E-state index in [1.807, 2.05) is 12.2 Å². The summed E-state index contributed by atoms with van der Waals surface area (Å²) in [6.45, 7) is 2.79. The molecule has 3 unspecified atom stereocenters. The zero-order valence-corrected chi connectivity index (χ0v) is 12.0. The van der Waals surface area contributed by atoms with Gasteiger partial charge in [0.15, 0.2) is 0 Å². The van der Waals surface area contributed by atoms with Gasteiger partial charge in [-0.25, -0.2) is 0 Å². The standard InChI is InChI=1S/C15H24N2O3/c1-17-8-4-5-11(10-17)9-16-14(18)12-6-2-3-7-13(12)15(19)20/h2-3,11-13H,4-10H2,1H3,(H,16,18)(H,19,20). The van der Waals surface area contributed by atoms with E-state index in [4.69, 9.17) is 0 Å². The minimum Gasteiger partial charge on any atom is -0.481 e. The van der Waals surface area contributed by atoms with E-state index in [1.54, 1.807) is 0 Å². The first kappa shape index (κ1) is 15.0. The molecule has 3 atom stereocenters. The number of aliphatic carboxylic acids is 1. The number of hydrogen-bond donors (Lipinski definition) is 2. The molecule has 2 rings (SSSR count). The number of carbonyl (C=O) groups is 2. The van der Waals surface area contributed by atoms with Crippen LogP contribution in [0.2, 0.25) is 0 Å². The minimum atomic E-state index is -0.869. The molecule has 0 aromatic carbocycles. The Kier molecular flexibility index (Phi) is 5.17. The minimum absolute atomic E-state index is 0.102. The topological polar surface area (TPSA) is 69.6 Å². The predicted octanol–water partition coefficient (Wildman–Crippen LogP) is 1.11. The first-order valence-corrected chi connectivity index (χ1v) is 7.42. The fourth-order valence-corrected chi connectivity index (χ4v) is 3.19. The van der Waals surface area contributed by atoms with E-state index in [0.29, 0.717) is 25.3 Å². The fourth-order valence-electron chi connectivity index (χ4n) is 3.19. The van der Waals surface area contributed by atoms with Gasteiger partial charge >= 0.3 is 5.97 Å².